The van der Waals surface area contributed by atoms with Gasteiger partial charge < -0.3 is 0 Å². The van der Waals surface area contributed by atoms with E-state index in [0.717, 1.165) is 18.7 Å². The summed E-state index contributed by atoms with van der Waals surface area (Å²) in [6.07, 6.45) is 2.18. The molecule has 0 spiro atoms. The van der Waals surface area contributed by atoms with Crippen LogP contribution in [0, 0.1) is 19.8 Å². The first kappa shape index (κ1) is 11.0. The van der Waals surface area contributed by atoms with Crippen LogP contribution < -0.4 is 0 Å². The molecular formula is C10H16ClNS. The number of alkyl halides is 1. The van der Waals surface area contributed by atoms with Crippen LogP contribution in [0.4, 0.5) is 0 Å². The van der Waals surface area contributed by atoms with Crippen LogP contribution in [0.25, 0.3) is 0 Å². The van der Waals surface area contributed by atoms with Crippen molar-refractivity contribution in [2.45, 2.75) is 33.6 Å². The van der Waals surface area contributed by atoms with E-state index in [2.05, 4.69) is 25.8 Å². The summed E-state index contributed by atoms with van der Waals surface area (Å²) in [5.41, 5.74) is 1.17. The highest BCUT2D eigenvalue weighted by molar-refractivity contribution is 7.11. The summed E-state index contributed by atoms with van der Waals surface area (Å²) >= 11 is 7.64. The highest BCUT2D eigenvalue weighted by atomic mass is 35.5. The van der Waals surface area contributed by atoms with Gasteiger partial charge in [-0.05, 0) is 19.8 Å². The number of rotatable bonds is 4. The van der Waals surface area contributed by atoms with E-state index in [1.54, 1.807) is 11.3 Å². The fourth-order valence-electron chi connectivity index (χ4n) is 1.18. The van der Waals surface area contributed by atoms with E-state index < -0.39 is 0 Å². The number of hydrogen-bond acceptors (Lipinski definition) is 2. The third-order valence-electron chi connectivity index (χ3n) is 2.33. The molecule has 0 bridgehead atoms. The Morgan fingerprint density at radius 2 is 2.15 bits per heavy atom. The molecule has 1 heterocycles. The van der Waals surface area contributed by atoms with Gasteiger partial charge in [-0.25, -0.2) is 4.98 Å². The fourth-order valence-corrected chi connectivity index (χ4v) is 2.56. The Labute approximate surface area is 89.1 Å². The van der Waals surface area contributed by atoms with Crippen molar-refractivity contribution in [3.63, 3.8) is 0 Å². The summed E-state index contributed by atoms with van der Waals surface area (Å²) in [5.74, 6) is 1.33. The van der Waals surface area contributed by atoms with Gasteiger partial charge in [0.15, 0.2) is 0 Å². The van der Waals surface area contributed by atoms with Crippen LogP contribution in [0.15, 0.2) is 0 Å². The Hall–Kier alpha value is -0.0800. The van der Waals surface area contributed by atoms with E-state index in [0.29, 0.717) is 5.92 Å². The smallest absolute Gasteiger partial charge is 0.0934 e. The second-order valence-corrected chi connectivity index (χ2v) is 4.98. The first-order valence-electron chi connectivity index (χ1n) is 4.66. The molecule has 0 aliphatic rings. The van der Waals surface area contributed by atoms with Crippen LogP contribution in [0.2, 0.25) is 0 Å². The second-order valence-electron chi connectivity index (χ2n) is 3.38. The molecule has 0 N–H and O–H groups in total. The zero-order chi connectivity index (χ0) is 9.84. The van der Waals surface area contributed by atoms with Crippen molar-refractivity contribution in [2.24, 2.45) is 5.92 Å². The maximum Gasteiger partial charge on any atom is 0.0934 e. The Morgan fingerprint density at radius 3 is 2.54 bits per heavy atom. The van der Waals surface area contributed by atoms with Crippen LogP contribution in [0.3, 0.4) is 0 Å². The van der Waals surface area contributed by atoms with Crippen LogP contribution in [0.5, 0.6) is 0 Å². The van der Waals surface area contributed by atoms with Crippen LogP contribution in [0.1, 0.15) is 28.9 Å². The summed E-state index contributed by atoms with van der Waals surface area (Å²) in [6.45, 7) is 6.37. The lowest BCUT2D eigenvalue weighted by Gasteiger charge is -2.07. The largest absolute Gasteiger partial charge is 0.246 e. The zero-order valence-electron chi connectivity index (χ0n) is 8.43. The number of hydrogen-bond donors (Lipinski definition) is 0. The molecule has 0 aliphatic heterocycles. The molecule has 1 aromatic heterocycles. The fraction of sp³-hybridized carbons (Fsp3) is 0.700. The SMILES string of the molecule is CCC(CCl)Cc1nc(C)c(C)s1. The van der Waals surface area contributed by atoms with Gasteiger partial charge in [0.1, 0.15) is 0 Å². The maximum absolute atomic E-state index is 5.84. The first-order chi connectivity index (χ1) is 6.17. The molecule has 0 saturated carbocycles. The topological polar surface area (TPSA) is 12.9 Å². The highest BCUT2D eigenvalue weighted by Gasteiger charge is 2.10. The monoisotopic (exact) mass is 217 g/mol. The average molecular weight is 218 g/mol. The van der Waals surface area contributed by atoms with E-state index in [-0.39, 0.29) is 0 Å². The molecule has 74 valence electrons. The van der Waals surface area contributed by atoms with Gasteiger partial charge in [-0.3, -0.25) is 0 Å². The van der Waals surface area contributed by atoms with Crippen molar-refractivity contribution in [1.29, 1.82) is 0 Å². The summed E-state index contributed by atoms with van der Waals surface area (Å²) in [5, 5.41) is 1.24. The van der Waals surface area contributed by atoms with E-state index in [4.69, 9.17) is 11.6 Å². The van der Waals surface area contributed by atoms with Crippen LogP contribution >= 0.6 is 22.9 Å². The normalized spacial score (nSPS) is 13.2. The van der Waals surface area contributed by atoms with Crippen molar-refractivity contribution in [2.75, 3.05) is 5.88 Å². The summed E-state index contributed by atoms with van der Waals surface area (Å²) in [7, 11) is 0. The number of halogens is 1. The van der Waals surface area contributed by atoms with Gasteiger partial charge in [0, 0.05) is 17.2 Å². The maximum atomic E-state index is 5.84. The lowest BCUT2D eigenvalue weighted by atomic mass is 10.1. The predicted octanol–water partition coefficient (Wildman–Crippen LogP) is 3.57. The van der Waals surface area contributed by atoms with Gasteiger partial charge in [-0.1, -0.05) is 13.3 Å². The Kier molecular flexibility index (Phi) is 4.20. The third kappa shape index (κ3) is 2.96. The minimum atomic E-state index is 0.589. The van der Waals surface area contributed by atoms with Crippen molar-refractivity contribution in [1.82, 2.24) is 4.98 Å². The molecule has 0 aromatic carbocycles. The van der Waals surface area contributed by atoms with Gasteiger partial charge in [-0.15, -0.1) is 22.9 Å². The average Bonchev–Trinajstić information content (AvgIpc) is 2.42. The third-order valence-corrected chi connectivity index (χ3v) is 3.86. The van der Waals surface area contributed by atoms with E-state index in [1.807, 2.05) is 0 Å². The summed E-state index contributed by atoms with van der Waals surface area (Å²) < 4.78 is 0. The van der Waals surface area contributed by atoms with Gasteiger partial charge in [0.05, 0.1) is 10.7 Å². The minimum Gasteiger partial charge on any atom is -0.246 e. The van der Waals surface area contributed by atoms with E-state index in [1.165, 1.54) is 15.6 Å². The highest BCUT2D eigenvalue weighted by Crippen LogP contribution is 2.21. The van der Waals surface area contributed by atoms with E-state index in [9.17, 15) is 0 Å². The molecule has 0 fully saturated rings. The Balaban J connectivity index is 2.62. The number of nitrogens with zero attached hydrogens (tertiary/aromatic N) is 1. The first-order valence-corrected chi connectivity index (χ1v) is 6.01. The number of aromatic nitrogens is 1. The molecule has 1 unspecified atom stereocenters. The molecule has 3 heteroatoms. The van der Waals surface area contributed by atoms with E-state index >= 15 is 0 Å². The molecule has 13 heavy (non-hydrogen) atoms. The van der Waals surface area contributed by atoms with Crippen LogP contribution in [-0.2, 0) is 6.42 Å². The number of aryl methyl sites for hydroxylation is 2. The summed E-state index contributed by atoms with van der Waals surface area (Å²) in [4.78, 5) is 5.84. The lowest BCUT2D eigenvalue weighted by Crippen LogP contribution is -2.04. The van der Waals surface area contributed by atoms with Crippen LogP contribution in [-0.4, -0.2) is 10.9 Å². The Bertz CT molecular complexity index is 246. The molecule has 0 aliphatic carbocycles. The van der Waals surface area contributed by atoms with Crippen molar-refractivity contribution < 1.29 is 0 Å². The quantitative estimate of drug-likeness (QED) is 0.703. The van der Waals surface area contributed by atoms with Gasteiger partial charge >= 0.3 is 0 Å². The standard InChI is InChI=1S/C10H16ClNS/c1-4-9(6-11)5-10-12-7(2)8(3)13-10/h9H,4-6H2,1-3H3. The van der Waals surface area contributed by atoms with Gasteiger partial charge in [0.2, 0.25) is 0 Å². The molecular weight excluding hydrogens is 202 g/mol. The van der Waals surface area contributed by atoms with Crippen molar-refractivity contribution in [3.05, 3.63) is 15.6 Å². The van der Waals surface area contributed by atoms with Crippen molar-refractivity contribution >= 4 is 22.9 Å². The molecule has 0 amide bonds. The number of thiazole rings is 1. The molecule has 1 aromatic rings. The van der Waals surface area contributed by atoms with Gasteiger partial charge in [-0.2, -0.15) is 0 Å². The Morgan fingerprint density at radius 1 is 1.46 bits per heavy atom. The van der Waals surface area contributed by atoms with Crippen molar-refractivity contribution in [3.8, 4) is 0 Å². The molecule has 1 atom stereocenters. The predicted molar refractivity (Wildman–Crippen MR) is 59.8 cm³/mol. The summed E-state index contributed by atoms with van der Waals surface area (Å²) in [6, 6.07) is 0. The lowest BCUT2D eigenvalue weighted by molar-refractivity contribution is 0.564. The van der Waals surface area contributed by atoms with Gasteiger partial charge in [0.25, 0.3) is 0 Å². The second kappa shape index (κ2) is 4.97. The molecule has 1 nitrogen and oxygen atoms in total. The molecule has 1 rings (SSSR count). The minimum absolute atomic E-state index is 0.589. The zero-order valence-corrected chi connectivity index (χ0v) is 10.0. The molecule has 0 saturated heterocycles. The molecule has 0 radical (unpaired) electrons.